The number of carbonyl (C=O) groups excluding carboxylic acids is 1. The quantitative estimate of drug-likeness (QED) is 0.681. The maximum absolute atomic E-state index is 12.9. The molecule has 0 N–H and O–H groups in total. The SMILES string of the molecule is COCC(=O)N1CC(c2nc(C)no2)C2(C1)CN(S(=O)(=O)c1cccnc1)C2. The normalized spacial score (nSPS) is 21.8. The summed E-state index contributed by atoms with van der Waals surface area (Å²) in [6.45, 7) is 3.05. The van der Waals surface area contributed by atoms with Crippen molar-refractivity contribution in [1.29, 1.82) is 0 Å². The van der Waals surface area contributed by atoms with E-state index >= 15 is 0 Å². The van der Waals surface area contributed by atoms with Gasteiger partial charge >= 0.3 is 0 Å². The molecule has 2 aliphatic rings. The first-order chi connectivity index (χ1) is 13.4. The molecule has 2 saturated heterocycles. The van der Waals surface area contributed by atoms with E-state index in [0.29, 0.717) is 24.8 Å². The van der Waals surface area contributed by atoms with Crippen molar-refractivity contribution in [3.63, 3.8) is 0 Å². The second kappa shape index (κ2) is 6.90. The number of likely N-dealkylation sites (tertiary alicyclic amines) is 1. The molecule has 1 atom stereocenters. The van der Waals surface area contributed by atoms with Crippen molar-refractivity contribution >= 4 is 15.9 Å². The molecule has 0 aliphatic carbocycles. The van der Waals surface area contributed by atoms with Gasteiger partial charge in [0.2, 0.25) is 21.8 Å². The number of amides is 1. The van der Waals surface area contributed by atoms with E-state index in [4.69, 9.17) is 9.26 Å². The molecule has 0 aromatic carbocycles. The van der Waals surface area contributed by atoms with Gasteiger partial charge in [-0.2, -0.15) is 9.29 Å². The number of hydrogen-bond acceptors (Lipinski definition) is 8. The molecule has 0 bridgehead atoms. The topological polar surface area (TPSA) is 119 Å². The lowest BCUT2D eigenvalue weighted by atomic mass is 9.73. The summed E-state index contributed by atoms with van der Waals surface area (Å²) in [5, 5.41) is 3.85. The zero-order chi connectivity index (χ0) is 19.9. The Labute approximate surface area is 162 Å². The fraction of sp³-hybridized carbons (Fsp3) is 0.529. The van der Waals surface area contributed by atoms with Gasteiger partial charge in [0.1, 0.15) is 11.5 Å². The van der Waals surface area contributed by atoms with Gasteiger partial charge in [0.05, 0.1) is 5.92 Å². The molecule has 4 heterocycles. The number of ether oxygens (including phenoxy) is 1. The van der Waals surface area contributed by atoms with Crippen LogP contribution in [-0.2, 0) is 19.6 Å². The van der Waals surface area contributed by atoms with Crippen LogP contribution in [0.5, 0.6) is 0 Å². The molecule has 4 rings (SSSR count). The number of carbonyl (C=O) groups is 1. The highest BCUT2D eigenvalue weighted by molar-refractivity contribution is 7.89. The number of nitrogens with zero attached hydrogens (tertiary/aromatic N) is 5. The number of pyridine rings is 1. The molecule has 2 fully saturated rings. The average Bonchev–Trinajstić information content (AvgIpc) is 3.25. The van der Waals surface area contributed by atoms with E-state index < -0.39 is 15.4 Å². The standard InChI is InChI=1S/C17H21N5O5S/c1-12-19-16(27-20-12)14-7-21(15(23)8-26-2)9-17(14)10-22(11-17)28(24,25)13-4-3-5-18-6-13/h3-6,14H,7-11H2,1-2H3. The molecule has 2 aromatic heterocycles. The van der Waals surface area contributed by atoms with Crippen LogP contribution in [0.2, 0.25) is 0 Å². The summed E-state index contributed by atoms with van der Waals surface area (Å²) in [6, 6.07) is 3.11. The molecule has 2 aliphatic heterocycles. The minimum atomic E-state index is -3.64. The lowest BCUT2D eigenvalue weighted by Crippen LogP contribution is -2.61. The first kappa shape index (κ1) is 19.0. The summed E-state index contributed by atoms with van der Waals surface area (Å²) in [7, 11) is -2.17. The van der Waals surface area contributed by atoms with Gasteiger partial charge in [-0.3, -0.25) is 9.78 Å². The van der Waals surface area contributed by atoms with E-state index in [9.17, 15) is 13.2 Å². The van der Waals surface area contributed by atoms with Crippen LogP contribution < -0.4 is 0 Å². The zero-order valence-corrected chi connectivity index (χ0v) is 16.4. The molecule has 10 nitrogen and oxygen atoms in total. The number of aryl methyl sites for hydroxylation is 1. The fourth-order valence-electron chi connectivity index (χ4n) is 3.96. The summed E-state index contributed by atoms with van der Waals surface area (Å²) in [6.07, 6.45) is 2.86. The molecule has 1 spiro atoms. The molecule has 11 heteroatoms. The smallest absolute Gasteiger partial charge is 0.248 e. The predicted molar refractivity (Wildman–Crippen MR) is 95.7 cm³/mol. The van der Waals surface area contributed by atoms with Crippen molar-refractivity contribution < 1.29 is 22.5 Å². The third-order valence-corrected chi connectivity index (χ3v) is 7.14. The van der Waals surface area contributed by atoms with Gasteiger partial charge in [0.15, 0.2) is 5.82 Å². The van der Waals surface area contributed by atoms with Crippen molar-refractivity contribution in [3.05, 3.63) is 36.2 Å². The number of hydrogen-bond donors (Lipinski definition) is 0. The lowest BCUT2D eigenvalue weighted by molar-refractivity contribution is -0.134. The monoisotopic (exact) mass is 407 g/mol. The van der Waals surface area contributed by atoms with Gasteiger partial charge in [0.25, 0.3) is 0 Å². The van der Waals surface area contributed by atoms with E-state index in [1.165, 1.54) is 29.9 Å². The second-order valence-electron chi connectivity index (χ2n) is 7.26. The van der Waals surface area contributed by atoms with E-state index in [1.54, 1.807) is 17.9 Å². The van der Waals surface area contributed by atoms with Crippen molar-refractivity contribution in [3.8, 4) is 0 Å². The van der Waals surface area contributed by atoms with Crippen LogP contribution in [0, 0.1) is 12.3 Å². The summed E-state index contributed by atoms with van der Waals surface area (Å²) in [4.78, 5) is 22.4. The molecular weight excluding hydrogens is 386 g/mol. The van der Waals surface area contributed by atoms with Crippen LogP contribution in [0.3, 0.4) is 0 Å². The number of rotatable bonds is 5. The second-order valence-corrected chi connectivity index (χ2v) is 9.20. The van der Waals surface area contributed by atoms with Gasteiger partial charge in [-0.15, -0.1) is 0 Å². The third-order valence-electron chi connectivity index (χ3n) is 5.36. The van der Waals surface area contributed by atoms with Crippen LogP contribution >= 0.6 is 0 Å². The first-order valence-corrected chi connectivity index (χ1v) is 10.3. The van der Waals surface area contributed by atoms with Crippen LogP contribution in [0.4, 0.5) is 0 Å². The zero-order valence-electron chi connectivity index (χ0n) is 15.6. The molecular formula is C17H21N5O5S. The molecule has 150 valence electrons. The molecule has 2 aromatic rings. The lowest BCUT2D eigenvalue weighted by Gasteiger charge is -2.48. The largest absolute Gasteiger partial charge is 0.375 e. The van der Waals surface area contributed by atoms with Gasteiger partial charge in [-0.25, -0.2) is 8.42 Å². The van der Waals surface area contributed by atoms with Gasteiger partial charge in [0, 0.05) is 51.1 Å². The predicted octanol–water partition coefficient (Wildman–Crippen LogP) is 0.0361. The van der Waals surface area contributed by atoms with E-state index in [2.05, 4.69) is 15.1 Å². The summed E-state index contributed by atoms with van der Waals surface area (Å²) < 4.78 is 37.4. The van der Waals surface area contributed by atoms with Gasteiger partial charge in [-0.05, 0) is 19.1 Å². The Morgan fingerprint density at radius 3 is 2.79 bits per heavy atom. The van der Waals surface area contributed by atoms with Crippen LogP contribution in [0.25, 0.3) is 0 Å². The van der Waals surface area contributed by atoms with Crippen LogP contribution in [-0.4, -0.2) is 78.6 Å². The number of methoxy groups -OCH3 is 1. The maximum Gasteiger partial charge on any atom is 0.248 e. The van der Waals surface area contributed by atoms with Gasteiger partial charge < -0.3 is 14.2 Å². The minimum absolute atomic E-state index is 0.0244. The van der Waals surface area contributed by atoms with Crippen molar-refractivity contribution in [2.75, 3.05) is 39.9 Å². The molecule has 1 amide bonds. The number of sulfonamides is 1. The van der Waals surface area contributed by atoms with E-state index in [1.807, 2.05) is 0 Å². The Morgan fingerprint density at radius 1 is 1.39 bits per heavy atom. The third kappa shape index (κ3) is 3.09. The molecule has 1 unspecified atom stereocenters. The maximum atomic E-state index is 12.9. The van der Waals surface area contributed by atoms with Crippen molar-refractivity contribution in [2.24, 2.45) is 5.41 Å². The Balaban J connectivity index is 1.59. The Morgan fingerprint density at radius 2 is 2.18 bits per heavy atom. The van der Waals surface area contributed by atoms with Crippen molar-refractivity contribution in [2.45, 2.75) is 17.7 Å². The summed E-state index contributed by atoms with van der Waals surface area (Å²) >= 11 is 0. The van der Waals surface area contributed by atoms with Crippen molar-refractivity contribution in [1.82, 2.24) is 24.3 Å². The van der Waals surface area contributed by atoms with Crippen LogP contribution in [0.15, 0.2) is 33.9 Å². The highest BCUT2D eigenvalue weighted by Crippen LogP contribution is 2.50. The van der Waals surface area contributed by atoms with Crippen LogP contribution in [0.1, 0.15) is 17.6 Å². The summed E-state index contributed by atoms with van der Waals surface area (Å²) in [5.74, 6) is 0.568. The Hall–Kier alpha value is -2.37. The molecule has 0 radical (unpaired) electrons. The molecule has 0 saturated carbocycles. The summed E-state index contributed by atoms with van der Waals surface area (Å²) in [5.41, 5.74) is -0.461. The Bertz CT molecular complexity index is 971. The first-order valence-electron chi connectivity index (χ1n) is 8.83. The fourth-order valence-corrected chi connectivity index (χ4v) is 5.56. The molecule has 28 heavy (non-hydrogen) atoms. The van der Waals surface area contributed by atoms with E-state index in [0.717, 1.165) is 0 Å². The average molecular weight is 407 g/mol. The highest BCUT2D eigenvalue weighted by atomic mass is 32.2. The minimum Gasteiger partial charge on any atom is -0.375 e. The highest BCUT2D eigenvalue weighted by Gasteiger charge is 2.60. The van der Waals surface area contributed by atoms with Gasteiger partial charge in [-0.1, -0.05) is 5.16 Å². The Kier molecular flexibility index (Phi) is 4.68. The number of aromatic nitrogens is 3. The van der Waals surface area contributed by atoms with E-state index in [-0.39, 0.29) is 36.4 Å².